The van der Waals surface area contributed by atoms with Gasteiger partial charge in [0.2, 0.25) is 5.91 Å². The summed E-state index contributed by atoms with van der Waals surface area (Å²) in [7, 11) is 0. The van der Waals surface area contributed by atoms with Crippen LogP contribution in [0.1, 0.15) is 51.8 Å². The molecule has 31 heavy (non-hydrogen) atoms. The van der Waals surface area contributed by atoms with Gasteiger partial charge in [-0.2, -0.15) is 0 Å². The molecule has 1 aromatic heterocycles. The van der Waals surface area contributed by atoms with Crippen molar-refractivity contribution in [1.82, 2.24) is 25.1 Å². The van der Waals surface area contributed by atoms with E-state index in [1.165, 1.54) is 5.52 Å². The second-order valence-corrected chi connectivity index (χ2v) is 7.88. The molecule has 0 spiro atoms. The lowest BCUT2D eigenvalue weighted by Crippen LogP contribution is -2.42. The number of carbonyl (C=O) groups is 1. The van der Waals surface area contributed by atoms with E-state index in [0.717, 1.165) is 75.7 Å². The van der Waals surface area contributed by atoms with E-state index in [4.69, 9.17) is 4.99 Å². The molecule has 0 radical (unpaired) electrons. The zero-order chi connectivity index (χ0) is 21.3. The van der Waals surface area contributed by atoms with E-state index in [0.29, 0.717) is 18.4 Å². The number of nitrogens with one attached hydrogen (secondary N) is 2. The number of benzene rings is 1. The highest BCUT2D eigenvalue weighted by molar-refractivity contribution is 14.0. The summed E-state index contributed by atoms with van der Waals surface area (Å²) in [6.45, 7) is 10.5. The Morgan fingerprint density at radius 2 is 2.06 bits per heavy atom. The van der Waals surface area contributed by atoms with Gasteiger partial charge in [-0.3, -0.25) is 9.79 Å². The third-order valence-corrected chi connectivity index (χ3v) is 5.79. The van der Waals surface area contributed by atoms with Crippen molar-refractivity contribution >= 4 is 46.9 Å². The second kappa shape index (κ2) is 12.9. The van der Waals surface area contributed by atoms with E-state index in [9.17, 15) is 4.79 Å². The van der Waals surface area contributed by atoms with Crippen molar-refractivity contribution in [2.75, 3.05) is 26.2 Å². The Hall–Kier alpha value is -1.84. The quantitative estimate of drug-likeness (QED) is 0.209. The Labute approximate surface area is 203 Å². The molecule has 1 fully saturated rings. The van der Waals surface area contributed by atoms with Crippen molar-refractivity contribution < 1.29 is 4.79 Å². The number of aryl methyl sites for hydroxylation is 2. The number of imidazole rings is 1. The van der Waals surface area contributed by atoms with Gasteiger partial charge < -0.3 is 20.1 Å². The first-order chi connectivity index (χ1) is 14.6. The second-order valence-electron chi connectivity index (χ2n) is 7.88. The van der Waals surface area contributed by atoms with Gasteiger partial charge in [0.1, 0.15) is 5.82 Å². The van der Waals surface area contributed by atoms with E-state index in [1.807, 2.05) is 6.07 Å². The van der Waals surface area contributed by atoms with Gasteiger partial charge in [0.05, 0.1) is 11.0 Å². The Balaban J connectivity index is 0.00000341. The maximum absolute atomic E-state index is 12.0. The van der Waals surface area contributed by atoms with Crippen LogP contribution >= 0.6 is 24.0 Å². The first-order valence-corrected chi connectivity index (χ1v) is 11.4. The highest BCUT2D eigenvalue weighted by atomic mass is 127. The number of para-hydroxylation sites is 2. The van der Waals surface area contributed by atoms with Crippen molar-refractivity contribution in [2.24, 2.45) is 4.99 Å². The van der Waals surface area contributed by atoms with Crippen LogP contribution in [-0.4, -0.2) is 58.5 Å². The van der Waals surface area contributed by atoms with Crippen LogP contribution < -0.4 is 10.6 Å². The van der Waals surface area contributed by atoms with Gasteiger partial charge in [0.25, 0.3) is 0 Å². The third-order valence-electron chi connectivity index (χ3n) is 5.79. The smallest absolute Gasteiger partial charge is 0.222 e. The molecule has 1 amide bonds. The molecule has 2 N–H and O–H groups in total. The van der Waals surface area contributed by atoms with Gasteiger partial charge in [-0.1, -0.05) is 19.1 Å². The summed E-state index contributed by atoms with van der Waals surface area (Å²) in [6, 6.07) is 8.60. The van der Waals surface area contributed by atoms with Crippen molar-refractivity contribution in [3.63, 3.8) is 0 Å². The number of aromatic nitrogens is 2. The molecule has 2 heterocycles. The SMILES string of the molecule is CCNC(=NCCCn1c(C)nc2ccccc21)NCCC(CC)N1CCCC1=O.I. The molecule has 8 heteroatoms. The number of likely N-dealkylation sites (tertiary alicyclic amines) is 1. The summed E-state index contributed by atoms with van der Waals surface area (Å²) in [5.41, 5.74) is 2.24. The molecule has 3 rings (SSSR count). The fourth-order valence-corrected chi connectivity index (χ4v) is 4.23. The van der Waals surface area contributed by atoms with Crippen LogP contribution in [-0.2, 0) is 11.3 Å². The molecule has 1 aromatic carbocycles. The van der Waals surface area contributed by atoms with Crippen LogP contribution in [0.2, 0.25) is 0 Å². The molecule has 7 nitrogen and oxygen atoms in total. The van der Waals surface area contributed by atoms with Gasteiger partial charge in [0, 0.05) is 45.2 Å². The number of aliphatic imine (C=N–C) groups is 1. The maximum atomic E-state index is 12.0. The summed E-state index contributed by atoms with van der Waals surface area (Å²) in [5, 5.41) is 6.77. The predicted octanol–water partition coefficient (Wildman–Crippen LogP) is 3.70. The minimum Gasteiger partial charge on any atom is -0.357 e. The molecule has 0 bridgehead atoms. The Kier molecular flexibility index (Phi) is 10.6. The number of rotatable bonds is 10. The summed E-state index contributed by atoms with van der Waals surface area (Å²) in [4.78, 5) is 23.4. The van der Waals surface area contributed by atoms with Gasteiger partial charge in [-0.25, -0.2) is 4.98 Å². The maximum Gasteiger partial charge on any atom is 0.222 e. The van der Waals surface area contributed by atoms with Gasteiger partial charge in [0.15, 0.2) is 5.96 Å². The van der Waals surface area contributed by atoms with Gasteiger partial charge in [-0.15, -0.1) is 24.0 Å². The Morgan fingerprint density at radius 3 is 2.77 bits per heavy atom. The number of hydrogen-bond acceptors (Lipinski definition) is 3. The third kappa shape index (κ3) is 6.82. The predicted molar refractivity (Wildman–Crippen MR) is 138 cm³/mol. The largest absolute Gasteiger partial charge is 0.357 e. The molecule has 0 saturated carbocycles. The zero-order valence-corrected chi connectivity index (χ0v) is 21.4. The topological polar surface area (TPSA) is 74.6 Å². The van der Waals surface area contributed by atoms with E-state index in [2.05, 4.69) is 64.1 Å². The monoisotopic (exact) mass is 540 g/mol. The summed E-state index contributed by atoms with van der Waals surface area (Å²) < 4.78 is 2.27. The number of fused-ring (bicyclic) bond motifs is 1. The number of halogens is 1. The first kappa shape index (κ1) is 25.4. The standard InChI is InChI=1S/C23H36N6O.HI/c1-4-19(29-16-8-12-22(29)30)13-15-26-23(24-5-2)25-14-9-17-28-18(3)27-20-10-6-7-11-21(20)28;/h6-7,10-11,19H,4-5,8-9,12-17H2,1-3H3,(H2,24,25,26);1H. The van der Waals surface area contributed by atoms with Gasteiger partial charge in [-0.05, 0) is 51.7 Å². The van der Waals surface area contributed by atoms with Crippen molar-refractivity contribution in [3.8, 4) is 0 Å². The molecule has 172 valence electrons. The van der Waals surface area contributed by atoms with E-state index in [1.54, 1.807) is 0 Å². The van der Waals surface area contributed by atoms with Crippen LogP contribution in [0.5, 0.6) is 0 Å². The van der Waals surface area contributed by atoms with Crippen molar-refractivity contribution in [3.05, 3.63) is 30.1 Å². The zero-order valence-electron chi connectivity index (χ0n) is 19.1. The number of guanidine groups is 1. The molecular formula is C23H37IN6O. The van der Waals surface area contributed by atoms with Crippen LogP contribution in [0, 0.1) is 6.92 Å². The molecule has 1 atom stereocenters. The van der Waals surface area contributed by atoms with Crippen molar-refractivity contribution in [2.45, 2.75) is 65.5 Å². The van der Waals surface area contributed by atoms with Crippen molar-refractivity contribution in [1.29, 1.82) is 0 Å². The summed E-state index contributed by atoms with van der Waals surface area (Å²) in [5.74, 6) is 2.21. The van der Waals surface area contributed by atoms with Gasteiger partial charge >= 0.3 is 0 Å². The molecule has 0 aliphatic carbocycles. The molecule has 1 saturated heterocycles. The van der Waals surface area contributed by atoms with E-state index < -0.39 is 0 Å². The molecular weight excluding hydrogens is 503 g/mol. The number of nitrogens with zero attached hydrogens (tertiary/aromatic N) is 4. The highest BCUT2D eigenvalue weighted by Crippen LogP contribution is 2.18. The lowest BCUT2D eigenvalue weighted by molar-refractivity contribution is -0.129. The molecule has 1 aliphatic heterocycles. The molecule has 1 unspecified atom stereocenters. The van der Waals surface area contributed by atoms with Crippen LogP contribution in [0.15, 0.2) is 29.3 Å². The normalized spacial score (nSPS) is 15.3. The Bertz CT molecular complexity index is 865. The first-order valence-electron chi connectivity index (χ1n) is 11.4. The number of hydrogen-bond donors (Lipinski definition) is 2. The summed E-state index contributed by atoms with van der Waals surface area (Å²) >= 11 is 0. The number of amides is 1. The average Bonchev–Trinajstić information content (AvgIpc) is 3.31. The van der Waals surface area contributed by atoms with E-state index >= 15 is 0 Å². The molecule has 2 aromatic rings. The van der Waals surface area contributed by atoms with E-state index in [-0.39, 0.29) is 24.0 Å². The lowest BCUT2D eigenvalue weighted by Gasteiger charge is -2.27. The Morgan fingerprint density at radius 1 is 1.26 bits per heavy atom. The fraction of sp³-hybridized carbons (Fsp3) is 0.609. The molecule has 1 aliphatic rings. The minimum absolute atomic E-state index is 0. The van der Waals surface area contributed by atoms with Crippen LogP contribution in [0.3, 0.4) is 0 Å². The lowest BCUT2D eigenvalue weighted by atomic mass is 10.1. The fourth-order valence-electron chi connectivity index (χ4n) is 4.23. The summed E-state index contributed by atoms with van der Waals surface area (Å²) in [6.07, 6.45) is 4.61. The average molecular weight is 540 g/mol. The highest BCUT2D eigenvalue weighted by Gasteiger charge is 2.26. The van der Waals surface area contributed by atoms with Crippen LogP contribution in [0.25, 0.3) is 11.0 Å². The van der Waals surface area contributed by atoms with Crippen LogP contribution in [0.4, 0.5) is 0 Å². The minimum atomic E-state index is 0. The number of carbonyl (C=O) groups excluding carboxylic acids is 1.